The Morgan fingerprint density at radius 3 is 1.86 bits per heavy atom. The van der Waals surface area contributed by atoms with E-state index in [2.05, 4.69) is 182 Å². The van der Waals surface area contributed by atoms with Gasteiger partial charge < -0.3 is 4.42 Å². The van der Waals surface area contributed by atoms with Crippen LogP contribution in [0.15, 0.2) is 192 Å². The molecule has 0 saturated carbocycles. The lowest BCUT2D eigenvalue weighted by molar-refractivity contribution is 0.673. The molecule has 0 saturated heterocycles. The van der Waals surface area contributed by atoms with E-state index in [0.717, 1.165) is 71.5 Å². The van der Waals surface area contributed by atoms with Crippen LogP contribution < -0.4 is 0 Å². The molecule has 0 atom stereocenters. The minimum Gasteiger partial charge on any atom is -0.455 e. The lowest BCUT2D eigenvalue weighted by Gasteiger charge is -2.11. The van der Waals surface area contributed by atoms with Gasteiger partial charge in [-0.15, -0.1) is 11.3 Å². The molecule has 0 fully saturated rings. The van der Waals surface area contributed by atoms with Crippen LogP contribution in [0.5, 0.6) is 0 Å². The van der Waals surface area contributed by atoms with Gasteiger partial charge in [0.1, 0.15) is 11.2 Å². The van der Waals surface area contributed by atoms with E-state index in [1.807, 2.05) is 6.07 Å². The molecule has 270 valence electrons. The monoisotopic (exact) mass is 757 g/mol. The van der Waals surface area contributed by atoms with E-state index in [4.69, 9.17) is 19.4 Å². The van der Waals surface area contributed by atoms with E-state index in [9.17, 15) is 0 Å². The highest BCUT2D eigenvalue weighted by atomic mass is 32.1. The fourth-order valence-electron chi connectivity index (χ4n) is 8.50. The van der Waals surface area contributed by atoms with Crippen molar-refractivity contribution in [1.29, 1.82) is 0 Å². The van der Waals surface area contributed by atoms with Crippen LogP contribution in [0.25, 0.3) is 120 Å². The molecule has 0 aliphatic carbocycles. The Labute approximate surface area is 337 Å². The number of thiophene rings is 1. The van der Waals surface area contributed by atoms with Crippen molar-refractivity contribution in [3.8, 4) is 56.4 Å². The van der Waals surface area contributed by atoms with Crippen molar-refractivity contribution >= 4 is 75.0 Å². The fraction of sp³-hybridized carbons (Fsp3) is 0. The van der Waals surface area contributed by atoms with Crippen molar-refractivity contribution in [2.45, 2.75) is 0 Å². The first-order valence-electron chi connectivity index (χ1n) is 19.4. The first-order valence-corrected chi connectivity index (χ1v) is 20.2. The third kappa shape index (κ3) is 5.32. The summed E-state index contributed by atoms with van der Waals surface area (Å²) in [6.45, 7) is 0. The van der Waals surface area contributed by atoms with E-state index >= 15 is 0 Å². The average Bonchev–Trinajstić information content (AvgIpc) is 3.88. The van der Waals surface area contributed by atoms with Crippen LogP contribution in [-0.2, 0) is 0 Å². The molecule has 0 aliphatic rings. The minimum absolute atomic E-state index is 0.639. The lowest BCUT2D eigenvalue weighted by Crippen LogP contribution is -2.00. The summed E-state index contributed by atoms with van der Waals surface area (Å²) in [6, 6.07) is 66.2. The second-order valence-corrected chi connectivity index (χ2v) is 15.8. The van der Waals surface area contributed by atoms with Crippen LogP contribution in [0, 0.1) is 0 Å². The molecule has 5 heteroatoms. The van der Waals surface area contributed by atoms with Gasteiger partial charge in [0.15, 0.2) is 17.5 Å². The summed E-state index contributed by atoms with van der Waals surface area (Å²) >= 11 is 1.80. The highest BCUT2D eigenvalue weighted by molar-refractivity contribution is 7.26. The predicted molar refractivity (Wildman–Crippen MR) is 242 cm³/mol. The number of rotatable bonds is 5. The van der Waals surface area contributed by atoms with Gasteiger partial charge in [0.05, 0.1) is 0 Å². The number of benzene rings is 9. The Hall–Kier alpha value is -7.47. The highest BCUT2D eigenvalue weighted by Gasteiger charge is 2.19. The van der Waals surface area contributed by atoms with Gasteiger partial charge in [-0.3, -0.25) is 0 Å². The summed E-state index contributed by atoms with van der Waals surface area (Å²) < 4.78 is 8.93. The molecule has 0 spiro atoms. The summed E-state index contributed by atoms with van der Waals surface area (Å²) in [5.41, 5.74) is 9.33. The molecule has 4 nitrogen and oxygen atoms in total. The lowest BCUT2D eigenvalue weighted by atomic mass is 9.97. The standard InChI is InChI=1S/C53H31N3OS/c1-2-10-32(11-3-1)34-20-23-36(24-21-34)51-54-52(39-25-22-33-12-4-5-14-37(33)30-39)56-53(55-51)44-17-9-19-46-49(44)42-28-27-38(31-47(42)58-46)40-16-8-18-45-48(40)43-29-26-35-13-6-7-15-41(35)50(43)57-45/h1-31H. The van der Waals surface area contributed by atoms with Gasteiger partial charge in [-0.1, -0.05) is 158 Å². The summed E-state index contributed by atoms with van der Waals surface area (Å²) in [5, 5.41) is 9.22. The maximum absolute atomic E-state index is 6.54. The molecule has 0 unspecified atom stereocenters. The minimum atomic E-state index is 0.639. The maximum Gasteiger partial charge on any atom is 0.164 e. The van der Waals surface area contributed by atoms with Gasteiger partial charge in [0.2, 0.25) is 0 Å². The molecular formula is C53H31N3OS. The van der Waals surface area contributed by atoms with Crippen LogP contribution in [0.3, 0.4) is 0 Å². The number of nitrogens with zero attached hydrogens (tertiary/aromatic N) is 3. The van der Waals surface area contributed by atoms with E-state index in [-0.39, 0.29) is 0 Å². The zero-order valence-corrected chi connectivity index (χ0v) is 31.9. The number of aromatic nitrogens is 3. The van der Waals surface area contributed by atoms with Crippen LogP contribution in [0.2, 0.25) is 0 Å². The van der Waals surface area contributed by atoms with E-state index in [1.165, 1.54) is 31.1 Å². The summed E-state index contributed by atoms with van der Waals surface area (Å²) in [4.78, 5) is 15.6. The van der Waals surface area contributed by atoms with Crippen molar-refractivity contribution in [2.24, 2.45) is 0 Å². The van der Waals surface area contributed by atoms with Gasteiger partial charge in [-0.05, 0) is 68.7 Å². The van der Waals surface area contributed by atoms with E-state index in [0.29, 0.717) is 17.5 Å². The number of hydrogen-bond donors (Lipinski definition) is 0. The van der Waals surface area contributed by atoms with Crippen LogP contribution in [0.4, 0.5) is 0 Å². The predicted octanol–water partition coefficient (Wildman–Crippen LogP) is 14.8. The van der Waals surface area contributed by atoms with Crippen molar-refractivity contribution < 1.29 is 4.42 Å². The quantitative estimate of drug-likeness (QED) is 0.175. The third-order valence-electron chi connectivity index (χ3n) is 11.3. The Morgan fingerprint density at radius 2 is 0.983 bits per heavy atom. The van der Waals surface area contributed by atoms with Crippen LogP contribution in [0.1, 0.15) is 0 Å². The van der Waals surface area contributed by atoms with Crippen molar-refractivity contribution in [2.75, 3.05) is 0 Å². The van der Waals surface area contributed by atoms with Crippen molar-refractivity contribution in [3.63, 3.8) is 0 Å². The number of hydrogen-bond acceptors (Lipinski definition) is 5. The second-order valence-electron chi connectivity index (χ2n) is 14.7. The van der Waals surface area contributed by atoms with Crippen LogP contribution >= 0.6 is 11.3 Å². The number of furan rings is 1. The molecule has 12 rings (SSSR count). The largest absolute Gasteiger partial charge is 0.455 e. The molecule has 0 N–H and O–H groups in total. The molecule has 0 aliphatic heterocycles. The first-order chi connectivity index (χ1) is 28.7. The Bertz CT molecular complexity index is 3570. The molecular weight excluding hydrogens is 727 g/mol. The van der Waals surface area contributed by atoms with Crippen molar-refractivity contribution in [3.05, 3.63) is 188 Å². The van der Waals surface area contributed by atoms with Crippen molar-refractivity contribution in [1.82, 2.24) is 15.0 Å². The van der Waals surface area contributed by atoms with Gasteiger partial charge in [-0.2, -0.15) is 0 Å². The smallest absolute Gasteiger partial charge is 0.164 e. The molecule has 58 heavy (non-hydrogen) atoms. The molecule has 0 amide bonds. The molecule has 0 bridgehead atoms. The molecule has 9 aromatic carbocycles. The van der Waals surface area contributed by atoms with Crippen LogP contribution in [-0.4, -0.2) is 15.0 Å². The normalized spacial score (nSPS) is 11.8. The van der Waals surface area contributed by atoms with E-state index in [1.54, 1.807) is 11.3 Å². The Kier molecular flexibility index (Phi) is 7.37. The Balaban J connectivity index is 1.02. The second kappa shape index (κ2) is 13.1. The van der Waals surface area contributed by atoms with Gasteiger partial charge in [0, 0.05) is 53.0 Å². The summed E-state index contributed by atoms with van der Waals surface area (Å²) in [5.74, 6) is 1.93. The zero-order chi connectivity index (χ0) is 38.2. The van der Waals surface area contributed by atoms with E-state index < -0.39 is 0 Å². The zero-order valence-electron chi connectivity index (χ0n) is 31.1. The fourth-order valence-corrected chi connectivity index (χ4v) is 9.67. The molecule has 3 heterocycles. The third-order valence-corrected chi connectivity index (χ3v) is 12.4. The van der Waals surface area contributed by atoms with Gasteiger partial charge >= 0.3 is 0 Å². The first kappa shape index (κ1) is 32.7. The average molecular weight is 758 g/mol. The maximum atomic E-state index is 6.54. The summed E-state index contributed by atoms with van der Waals surface area (Å²) in [7, 11) is 0. The molecule has 0 radical (unpaired) electrons. The van der Waals surface area contributed by atoms with Gasteiger partial charge in [0.25, 0.3) is 0 Å². The SMILES string of the molecule is c1ccc(-c2ccc(-c3nc(-c4ccc5ccccc5c4)nc(-c4cccc5sc6cc(-c7cccc8oc9c%10ccccc%10ccc9c78)ccc6c45)n3)cc2)cc1. The topological polar surface area (TPSA) is 51.8 Å². The molecule has 3 aromatic heterocycles. The molecule has 12 aromatic rings. The highest BCUT2D eigenvalue weighted by Crippen LogP contribution is 2.44. The number of fused-ring (bicyclic) bond motifs is 9. The summed E-state index contributed by atoms with van der Waals surface area (Å²) in [6.07, 6.45) is 0. The van der Waals surface area contributed by atoms with Gasteiger partial charge in [-0.25, -0.2) is 15.0 Å². The Morgan fingerprint density at radius 1 is 0.345 bits per heavy atom.